The molecule has 0 saturated heterocycles. The monoisotopic (exact) mass is 274 g/mol. The number of hydrogen-bond donors (Lipinski definition) is 1. The maximum absolute atomic E-state index is 13.2. The van der Waals surface area contributed by atoms with Gasteiger partial charge in [0.15, 0.2) is 0 Å². The maximum Gasteiger partial charge on any atom is 0.240 e. The number of carbonyl (C=O) groups excluding carboxylic acids is 1. The van der Waals surface area contributed by atoms with E-state index < -0.39 is 5.41 Å². The molecule has 1 amide bonds. The van der Waals surface area contributed by atoms with E-state index in [1.165, 1.54) is 12.1 Å². The van der Waals surface area contributed by atoms with Gasteiger partial charge in [0.05, 0.1) is 12.1 Å². The standard InChI is InChI=1S/C16H19FN2O/c1-12(13-6-5-7-14(17)10-13)19-15(20)16(11-18)8-3-2-4-9-16/h5-7,10,12H,2-4,8-9H2,1H3,(H,19,20). The molecule has 1 fully saturated rings. The van der Waals surface area contributed by atoms with Crippen molar-refractivity contribution >= 4 is 5.91 Å². The van der Waals surface area contributed by atoms with Gasteiger partial charge in [-0.05, 0) is 37.5 Å². The first kappa shape index (κ1) is 14.5. The van der Waals surface area contributed by atoms with Crippen molar-refractivity contribution in [3.63, 3.8) is 0 Å². The van der Waals surface area contributed by atoms with Crippen molar-refractivity contribution in [3.05, 3.63) is 35.6 Å². The molecule has 4 heteroatoms. The number of rotatable bonds is 3. The second-order valence-corrected chi connectivity index (χ2v) is 5.50. The summed E-state index contributed by atoms with van der Waals surface area (Å²) in [6.45, 7) is 1.81. The number of hydrogen-bond acceptors (Lipinski definition) is 2. The molecule has 1 atom stereocenters. The van der Waals surface area contributed by atoms with E-state index >= 15 is 0 Å². The molecule has 1 saturated carbocycles. The number of halogens is 1. The Morgan fingerprint density at radius 2 is 2.10 bits per heavy atom. The Bertz CT molecular complexity index is 530. The van der Waals surface area contributed by atoms with Crippen LogP contribution >= 0.6 is 0 Å². The second kappa shape index (κ2) is 6.04. The van der Waals surface area contributed by atoms with Crippen LogP contribution in [0.4, 0.5) is 4.39 Å². The molecule has 20 heavy (non-hydrogen) atoms. The molecule has 3 nitrogen and oxygen atoms in total. The van der Waals surface area contributed by atoms with Crippen molar-refractivity contribution in [2.75, 3.05) is 0 Å². The third-order valence-corrected chi connectivity index (χ3v) is 4.05. The molecular formula is C16H19FN2O. The van der Waals surface area contributed by atoms with E-state index in [1.54, 1.807) is 19.1 Å². The van der Waals surface area contributed by atoms with Gasteiger partial charge in [0.1, 0.15) is 11.2 Å². The summed E-state index contributed by atoms with van der Waals surface area (Å²) in [5.74, 6) is -0.548. The highest BCUT2D eigenvalue weighted by atomic mass is 19.1. The molecule has 1 aromatic carbocycles. The summed E-state index contributed by atoms with van der Waals surface area (Å²) in [5.41, 5.74) is -0.193. The molecule has 0 heterocycles. The van der Waals surface area contributed by atoms with Gasteiger partial charge in [0, 0.05) is 0 Å². The van der Waals surface area contributed by atoms with Crippen LogP contribution in [0.5, 0.6) is 0 Å². The van der Waals surface area contributed by atoms with E-state index in [0.717, 1.165) is 19.3 Å². The molecule has 106 valence electrons. The van der Waals surface area contributed by atoms with Gasteiger partial charge < -0.3 is 5.32 Å². The van der Waals surface area contributed by atoms with Gasteiger partial charge in [-0.15, -0.1) is 0 Å². The van der Waals surface area contributed by atoms with Crippen LogP contribution in [0.25, 0.3) is 0 Å². The highest BCUT2D eigenvalue weighted by Crippen LogP contribution is 2.36. The molecule has 0 aromatic heterocycles. The topological polar surface area (TPSA) is 52.9 Å². The summed E-state index contributed by atoms with van der Waals surface area (Å²) >= 11 is 0. The summed E-state index contributed by atoms with van der Waals surface area (Å²) in [7, 11) is 0. The molecule has 0 aliphatic heterocycles. The molecule has 0 spiro atoms. The minimum absolute atomic E-state index is 0.225. The van der Waals surface area contributed by atoms with Crippen LogP contribution in [0.15, 0.2) is 24.3 Å². The van der Waals surface area contributed by atoms with Crippen LogP contribution in [0, 0.1) is 22.6 Å². The molecule has 2 rings (SSSR count). The summed E-state index contributed by atoms with van der Waals surface area (Å²) < 4.78 is 13.2. The Morgan fingerprint density at radius 3 is 2.70 bits per heavy atom. The van der Waals surface area contributed by atoms with Crippen LogP contribution in [0.1, 0.15) is 50.6 Å². The molecule has 1 aliphatic rings. The normalized spacial score (nSPS) is 18.9. The van der Waals surface area contributed by atoms with E-state index in [4.69, 9.17) is 0 Å². The van der Waals surface area contributed by atoms with Gasteiger partial charge in [0.2, 0.25) is 5.91 Å². The fourth-order valence-corrected chi connectivity index (χ4v) is 2.74. The average molecular weight is 274 g/mol. The fourth-order valence-electron chi connectivity index (χ4n) is 2.74. The van der Waals surface area contributed by atoms with Gasteiger partial charge in [-0.2, -0.15) is 5.26 Å². The Kier molecular flexibility index (Phi) is 4.39. The lowest BCUT2D eigenvalue weighted by Gasteiger charge is -2.30. The minimum Gasteiger partial charge on any atom is -0.348 e. The van der Waals surface area contributed by atoms with E-state index in [-0.39, 0.29) is 17.8 Å². The number of carbonyl (C=O) groups is 1. The predicted octanol–water partition coefficient (Wildman–Crippen LogP) is 3.48. The highest BCUT2D eigenvalue weighted by molar-refractivity contribution is 5.85. The van der Waals surface area contributed by atoms with Crippen LogP contribution in [0.3, 0.4) is 0 Å². The van der Waals surface area contributed by atoms with E-state index in [1.807, 2.05) is 0 Å². The maximum atomic E-state index is 13.2. The van der Waals surface area contributed by atoms with Crippen molar-refractivity contribution in [3.8, 4) is 6.07 Å². The summed E-state index contributed by atoms with van der Waals surface area (Å²) in [4.78, 5) is 12.4. The van der Waals surface area contributed by atoms with Crippen molar-refractivity contribution in [1.29, 1.82) is 5.26 Å². The first-order valence-electron chi connectivity index (χ1n) is 7.05. The zero-order chi connectivity index (χ0) is 14.6. The summed E-state index contributed by atoms with van der Waals surface area (Å²) in [6.07, 6.45) is 4.14. The largest absolute Gasteiger partial charge is 0.348 e. The lowest BCUT2D eigenvalue weighted by atomic mass is 9.74. The first-order chi connectivity index (χ1) is 9.57. The molecule has 1 N–H and O–H groups in total. The Morgan fingerprint density at radius 1 is 1.40 bits per heavy atom. The molecule has 1 unspecified atom stereocenters. The lowest BCUT2D eigenvalue weighted by molar-refractivity contribution is -0.130. The van der Waals surface area contributed by atoms with E-state index in [2.05, 4.69) is 11.4 Å². The van der Waals surface area contributed by atoms with Crippen molar-refractivity contribution in [1.82, 2.24) is 5.32 Å². The van der Waals surface area contributed by atoms with Gasteiger partial charge in [-0.3, -0.25) is 4.79 Å². The van der Waals surface area contributed by atoms with E-state index in [0.29, 0.717) is 18.4 Å². The highest BCUT2D eigenvalue weighted by Gasteiger charge is 2.40. The van der Waals surface area contributed by atoms with Crippen LogP contribution < -0.4 is 5.32 Å². The number of nitrogens with zero attached hydrogens (tertiary/aromatic N) is 1. The lowest BCUT2D eigenvalue weighted by Crippen LogP contribution is -2.42. The zero-order valence-electron chi connectivity index (χ0n) is 11.7. The predicted molar refractivity (Wildman–Crippen MR) is 74.1 cm³/mol. The average Bonchev–Trinajstić information content (AvgIpc) is 2.47. The van der Waals surface area contributed by atoms with Gasteiger partial charge in [-0.25, -0.2) is 4.39 Å². The summed E-state index contributed by atoms with van der Waals surface area (Å²) in [5, 5.41) is 12.2. The number of nitriles is 1. The van der Waals surface area contributed by atoms with Gasteiger partial charge in [-0.1, -0.05) is 31.4 Å². The number of amides is 1. The van der Waals surface area contributed by atoms with Crippen molar-refractivity contribution in [2.24, 2.45) is 5.41 Å². The van der Waals surface area contributed by atoms with Crippen LogP contribution in [-0.4, -0.2) is 5.91 Å². The van der Waals surface area contributed by atoms with E-state index in [9.17, 15) is 14.4 Å². The quantitative estimate of drug-likeness (QED) is 0.917. The zero-order valence-corrected chi connectivity index (χ0v) is 11.7. The second-order valence-electron chi connectivity index (χ2n) is 5.50. The number of benzene rings is 1. The van der Waals surface area contributed by atoms with Crippen molar-refractivity contribution in [2.45, 2.75) is 45.1 Å². The third-order valence-electron chi connectivity index (χ3n) is 4.05. The third kappa shape index (κ3) is 2.98. The van der Waals surface area contributed by atoms with Crippen LogP contribution in [0.2, 0.25) is 0 Å². The molecule has 0 radical (unpaired) electrons. The molecule has 1 aliphatic carbocycles. The van der Waals surface area contributed by atoms with Crippen LogP contribution in [-0.2, 0) is 4.79 Å². The Hall–Kier alpha value is -1.89. The molecular weight excluding hydrogens is 255 g/mol. The number of nitrogens with one attached hydrogen (secondary N) is 1. The smallest absolute Gasteiger partial charge is 0.240 e. The van der Waals surface area contributed by atoms with Gasteiger partial charge >= 0.3 is 0 Å². The molecule has 1 aromatic rings. The minimum atomic E-state index is -0.903. The van der Waals surface area contributed by atoms with Gasteiger partial charge in [0.25, 0.3) is 0 Å². The Labute approximate surface area is 118 Å². The molecule has 0 bridgehead atoms. The first-order valence-corrected chi connectivity index (χ1v) is 7.05. The fraction of sp³-hybridized carbons (Fsp3) is 0.500. The summed E-state index contributed by atoms with van der Waals surface area (Å²) in [6, 6.07) is 8.07. The van der Waals surface area contributed by atoms with Crippen molar-refractivity contribution < 1.29 is 9.18 Å². The SMILES string of the molecule is CC(NC(=O)C1(C#N)CCCCC1)c1cccc(F)c1. The Balaban J connectivity index is 2.09.